The Labute approximate surface area is 219 Å². The van der Waals surface area contributed by atoms with Gasteiger partial charge in [0.25, 0.3) is 0 Å². The highest BCUT2D eigenvalue weighted by atomic mass is 16.7. The summed E-state index contributed by atoms with van der Waals surface area (Å²) in [6, 6.07) is 2.90. The number of hydrogen-bond donors (Lipinski definition) is 0. The fraction of sp³-hybridized carbons (Fsp3) is 0.844. The van der Waals surface area contributed by atoms with Gasteiger partial charge in [0.05, 0.1) is 17.2 Å². The van der Waals surface area contributed by atoms with Crippen LogP contribution < -0.4 is 0 Å². The predicted molar refractivity (Wildman–Crippen MR) is 144 cm³/mol. The Morgan fingerprint density at radius 3 is 2.31 bits per heavy atom. The molecule has 5 aliphatic rings. The van der Waals surface area contributed by atoms with Gasteiger partial charge in [-0.15, -0.1) is 0 Å². The van der Waals surface area contributed by atoms with Gasteiger partial charge in [-0.05, 0) is 117 Å². The molecule has 0 aliphatic heterocycles. The lowest BCUT2D eigenvalue weighted by atomic mass is 9.32. The Morgan fingerprint density at radius 2 is 1.67 bits per heavy atom. The van der Waals surface area contributed by atoms with E-state index in [0.29, 0.717) is 29.6 Å². The summed E-state index contributed by atoms with van der Waals surface area (Å²) in [7, 11) is 0. The highest BCUT2D eigenvalue weighted by Crippen LogP contribution is 2.77. The van der Waals surface area contributed by atoms with Gasteiger partial charge >= 0.3 is 5.97 Å². The molecule has 6 unspecified atom stereocenters. The Hall–Kier alpha value is -1.63. The lowest BCUT2D eigenvalue weighted by Crippen LogP contribution is -2.66. The van der Waals surface area contributed by atoms with E-state index in [1.165, 1.54) is 44.6 Å². The minimum atomic E-state index is -0.333. The Kier molecular flexibility index (Phi) is 5.91. The van der Waals surface area contributed by atoms with Crippen LogP contribution in [0.2, 0.25) is 0 Å². The minimum absolute atomic E-state index is 0.0689. The molecule has 0 saturated heterocycles. The average molecular weight is 493 g/mol. The van der Waals surface area contributed by atoms with Crippen molar-refractivity contribution in [1.82, 2.24) is 0 Å². The molecule has 4 heteroatoms. The SMILES string of the molecule is C=C(C)C1CCC2(C#N)CC[C@]3(C)C(CCC4[C@@]5(C)CC/C(=N\OC(C)=O)C(C)(C)C5CC[C@]43C)C12. The summed E-state index contributed by atoms with van der Waals surface area (Å²) in [6.07, 6.45) is 11.5. The van der Waals surface area contributed by atoms with Crippen molar-refractivity contribution in [2.75, 3.05) is 0 Å². The summed E-state index contributed by atoms with van der Waals surface area (Å²) < 4.78 is 0. The van der Waals surface area contributed by atoms with Crippen LogP contribution in [0.15, 0.2) is 17.3 Å². The van der Waals surface area contributed by atoms with E-state index in [2.05, 4.69) is 59.3 Å². The maximum absolute atomic E-state index is 11.5. The number of rotatable bonds is 2. The van der Waals surface area contributed by atoms with Crippen molar-refractivity contribution in [3.63, 3.8) is 0 Å². The van der Waals surface area contributed by atoms with Crippen LogP contribution in [0.3, 0.4) is 0 Å². The van der Waals surface area contributed by atoms with Crippen LogP contribution in [0.5, 0.6) is 0 Å². The molecule has 9 atom stereocenters. The Bertz CT molecular complexity index is 1040. The van der Waals surface area contributed by atoms with Crippen LogP contribution in [0.25, 0.3) is 0 Å². The number of carbonyl (C=O) groups is 1. The standard InChI is InChI=1S/C32H48N2O2/c1-20(2)22-11-16-32(19-33)18-17-30(7)23(27(22)32)9-10-25-29(6)14-13-26(34-36-21(3)35)28(4,5)24(29)12-15-31(25,30)8/h22-25,27H,1,9-18H2,2-8H3/b34-26+/t22?,23?,24?,25?,27?,29-,30+,31+,32?/m0/s1. The van der Waals surface area contributed by atoms with Crippen molar-refractivity contribution in [1.29, 1.82) is 5.26 Å². The number of nitrogens with zero attached hydrogens (tertiary/aromatic N) is 2. The van der Waals surface area contributed by atoms with Crippen LogP contribution in [-0.2, 0) is 9.63 Å². The van der Waals surface area contributed by atoms with Gasteiger partial charge in [0.15, 0.2) is 0 Å². The monoisotopic (exact) mass is 492 g/mol. The van der Waals surface area contributed by atoms with Crippen LogP contribution in [0.1, 0.15) is 113 Å². The number of fused-ring (bicyclic) bond motifs is 7. The summed E-state index contributed by atoms with van der Waals surface area (Å²) in [5, 5.41) is 14.8. The fourth-order valence-electron chi connectivity index (χ4n) is 11.4. The molecule has 198 valence electrons. The first-order chi connectivity index (χ1) is 16.8. The molecular formula is C32H48N2O2. The van der Waals surface area contributed by atoms with Crippen molar-refractivity contribution >= 4 is 11.7 Å². The lowest BCUT2D eigenvalue weighted by molar-refractivity contribution is -0.223. The highest BCUT2D eigenvalue weighted by Gasteiger charge is 2.70. The molecule has 5 rings (SSSR count). The van der Waals surface area contributed by atoms with Crippen LogP contribution in [0, 0.1) is 68.0 Å². The van der Waals surface area contributed by atoms with Gasteiger partial charge in [0, 0.05) is 12.3 Å². The molecule has 0 N–H and O–H groups in total. The molecule has 0 aromatic rings. The summed E-state index contributed by atoms with van der Waals surface area (Å²) in [5.74, 6) is 2.50. The molecule has 5 fully saturated rings. The van der Waals surface area contributed by atoms with Crippen molar-refractivity contribution in [3.8, 4) is 6.07 Å². The molecule has 5 saturated carbocycles. The number of allylic oxidation sites excluding steroid dienone is 1. The lowest BCUT2D eigenvalue weighted by Gasteiger charge is -2.72. The summed E-state index contributed by atoms with van der Waals surface area (Å²) in [4.78, 5) is 16.6. The summed E-state index contributed by atoms with van der Waals surface area (Å²) >= 11 is 0. The van der Waals surface area contributed by atoms with E-state index in [1.54, 1.807) is 0 Å². The maximum atomic E-state index is 11.5. The van der Waals surface area contributed by atoms with Crippen LogP contribution >= 0.6 is 0 Å². The molecule has 0 aromatic carbocycles. The van der Waals surface area contributed by atoms with Gasteiger partial charge in [-0.3, -0.25) is 0 Å². The van der Waals surface area contributed by atoms with Gasteiger partial charge in [-0.25, -0.2) is 4.79 Å². The quantitative estimate of drug-likeness (QED) is 0.222. The first-order valence-corrected chi connectivity index (χ1v) is 14.6. The van der Waals surface area contributed by atoms with Crippen molar-refractivity contribution in [2.24, 2.45) is 61.8 Å². The minimum Gasteiger partial charge on any atom is -0.319 e. The average Bonchev–Trinajstić information content (AvgIpc) is 3.19. The fourth-order valence-corrected chi connectivity index (χ4v) is 11.4. The van der Waals surface area contributed by atoms with E-state index in [-0.39, 0.29) is 33.0 Å². The van der Waals surface area contributed by atoms with Gasteiger partial charge in [0.1, 0.15) is 0 Å². The molecule has 0 radical (unpaired) electrons. The Morgan fingerprint density at radius 1 is 0.944 bits per heavy atom. The second-order valence-corrected chi connectivity index (χ2v) is 14.8. The van der Waals surface area contributed by atoms with Crippen molar-refractivity contribution in [3.05, 3.63) is 12.2 Å². The van der Waals surface area contributed by atoms with E-state index in [1.807, 2.05) is 0 Å². The third-order valence-electron chi connectivity index (χ3n) is 13.4. The second kappa shape index (κ2) is 8.18. The van der Waals surface area contributed by atoms with E-state index >= 15 is 0 Å². The molecule has 5 aliphatic carbocycles. The molecule has 0 bridgehead atoms. The zero-order valence-corrected chi connectivity index (χ0v) is 23.9. The van der Waals surface area contributed by atoms with Crippen molar-refractivity contribution < 1.29 is 9.63 Å². The number of carbonyl (C=O) groups excluding carboxylic acids is 1. The molecule has 0 heterocycles. The molecule has 36 heavy (non-hydrogen) atoms. The molecule has 0 aromatic heterocycles. The first kappa shape index (κ1) is 26.0. The summed E-state index contributed by atoms with van der Waals surface area (Å²) in [6.45, 7) is 20.6. The van der Waals surface area contributed by atoms with E-state index in [9.17, 15) is 10.1 Å². The first-order valence-electron chi connectivity index (χ1n) is 14.6. The number of hydrogen-bond acceptors (Lipinski definition) is 4. The topological polar surface area (TPSA) is 62.4 Å². The zero-order chi connectivity index (χ0) is 26.3. The van der Waals surface area contributed by atoms with E-state index < -0.39 is 0 Å². The van der Waals surface area contributed by atoms with Gasteiger partial charge < -0.3 is 4.84 Å². The molecule has 0 spiro atoms. The second-order valence-electron chi connectivity index (χ2n) is 14.8. The Balaban J connectivity index is 1.51. The molecule has 0 amide bonds. The molecular weight excluding hydrogens is 444 g/mol. The normalized spacial score (nSPS) is 50.2. The summed E-state index contributed by atoms with van der Waals surface area (Å²) in [5.41, 5.74) is 2.98. The van der Waals surface area contributed by atoms with Crippen molar-refractivity contribution in [2.45, 2.75) is 113 Å². The van der Waals surface area contributed by atoms with Gasteiger partial charge in [0.2, 0.25) is 0 Å². The van der Waals surface area contributed by atoms with Gasteiger partial charge in [-0.2, -0.15) is 5.26 Å². The predicted octanol–water partition coefficient (Wildman–Crippen LogP) is 8.09. The highest BCUT2D eigenvalue weighted by molar-refractivity contribution is 5.91. The molecule has 4 nitrogen and oxygen atoms in total. The third kappa shape index (κ3) is 3.23. The number of nitriles is 1. The van der Waals surface area contributed by atoms with Crippen LogP contribution in [0.4, 0.5) is 0 Å². The largest absolute Gasteiger partial charge is 0.331 e. The number of oxime groups is 1. The third-order valence-corrected chi connectivity index (χ3v) is 13.4. The maximum Gasteiger partial charge on any atom is 0.331 e. The van der Waals surface area contributed by atoms with E-state index in [4.69, 9.17) is 4.84 Å². The van der Waals surface area contributed by atoms with Gasteiger partial charge in [-0.1, -0.05) is 51.9 Å². The van der Waals surface area contributed by atoms with Crippen LogP contribution in [-0.4, -0.2) is 11.7 Å². The smallest absolute Gasteiger partial charge is 0.319 e. The van der Waals surface area contributed by atoms with E-state index in [0.717, 1.165) is 37.8 Å². The zero-order valence-electron chi connectivity index (χ0n) is 23.9.